The van der Waals surface area contributed by atoms with Gasteiger partial charge in [0.2, 0.25) is 11.9 Å². The van der Waals surface area contributed by atoms with Crippen molar-refractivity contribution in [1.29, 1.82) is 0 Å². The molecule has 7 N–H and O–H groups in total. The number of nitrogen functional groups attached to an aromatic ring is 2. The Morgan fingerprint density at radius 1 is 1.25 bits per heavy atom. The average Bonchev–Trinajstić information content (AvgIpc) is 2.91. The topological polar surface area (TPSA) is 165 Å². The Morgan fingerprint density at radius 2 is 1.92 bits per heavy atom. The number of urea groups is 1. The molecule has 13 heteroatoms. The van der Waals surface area contributed by atoms with E-state index in [-0.39, 0.29) is 5.95 Å². The van der Waals surface area contributed by atoms with Crippen molar-refractivity contribution in [2.45, 2.75) is 13.1 Å². The normalized spacial score (nSPS) is 20.8. The number of anilines is 2. The van der Waals surface area contributed by atoms with Gasteiger partial charge in [0.1, 0.15) is 5.52 Å². The highest BCUT2D eigenvalue weighted by Crippen LogP contribution is 2.38. The van der Waals surface area contributed by atoms with E-state index in [1.165, 1.54) is 6.33 Å². The third-order valence-electron chi connectivity index (χ3n) is 3.29. The van der Waals surface area contributed by atoms with Crippen molar-refractivity contribution in [3.63, 3.8) is 0 Å². The molecule has 0 bridgehead atoms. The molecule has 3 rings (SSSR count). The number of aromatic amines is 1. The van der Waals surface area contributed by atoms with Gasteiger partial charge in [-0.15, -0.1) is 0 Å². The van der Waals surface area contributed by atoms with Gasteiger partial charge in [0.25, 0.3) is 0 Å². The summed E-state index contributed by atoms with van der Waals surface area (Å²) in [7, 11) is 0. The lowest BCUT2D eigenvalue weighted by Crippen LogP contribution is -2.62. The molecule has 0 radical (unpaired) electrons. The van der Waals surface area contributed by atoms with Crippen molar-refractivity contribution in [1.82, 2.24) is 30.6 Å². The second-order valence-electron chi connectivity index (χ2n) is 5.03. The summed E-state index contributed by atoms with van der Waals surface area (Å²) in [6.45, 7) is 0.0168. The molecule has 1 fully saturated rings. The zero-order chi connectivity index (χ0) is 18.1. The molecule has 0 saturated carbocycles. The van der Waals surface area contributed by atoms with Crippen LogP contribution in [0.3, 0.4) is 0 Å². The fourth-order valence-corrected chi connectivity index (χ4v) is 1.72. The number of amides is 3. The van der Waals surface area contributed by atoms with Crippen molar-refractivity contribution < 1.29 is 22.8 Å². The number of hydrogen-bond acceptors (Lipinski definition) is 7. The molecule has 0 spiro atoms. The first-order chi connectivity index (χ1) is 11.0. The van der Waals surface area contributed by atoms with Crippen LogP contribution in [0.4, 0.5) is 29.7 Å². The lowest BCUT2D eigenvalue weighted by atomic mass is 9.87. The van der Waals surface area contributed by atoms with E-state index >= 15 is 0 Å². The molecule has 0 aromatic carbocycles. The van der Waals surface area contributed by atoms with Crippen LogP contribution in [0.25, 0.3) is 11.2 Å². The number of imidazole rings is 1. The van der Waals surface area contributed by atoms with Gasteiger partial charge < -0.3 is 21.8 Å². The van der Waals surface area contributed by atoms with E-state index in [2.05, 4.69) is 19.9 Å². The third-order valence-corrected chi connectivity index (χ3v) is 3.29. The Balaban J connectivity index is 0.000000175. The molecule has 130 valence electrons. The molecule has 1 saturated heterocycles. The summed E-state index contributed by atoms with van der Waals surface area (Å²) < 4.78 is 36.9. The Morgan fingerprint density at radius 3 is 2.50 bits per heavy atom. The minimum Gasteiger partial charge on any atom is -0.382 e. The van der Waals surface area contributed by atoms with Gasteiger partial charge >= 0.3 is 12.2 Å². The summed E-state index contributed by atoms with van der Waals surface area (Å²) in [6.07, 6.45) is -3.17. The van der Waals surface area contributed by atoms with Crippen LogP contribution in [0, 0.1) is 5.41 Å². The van der Waals surface area contributed by atoms with Crippen LogP contribution >= 0.6 is 0 Å². The maximum Gasteiger partial charge on any atom is 0.404 e. The fraction of sp³-hybridized carbons (Fsp3) is 0.364. The number of aromatic nitrogens is 4. The number of hydrogen-bond donors (Lipinski definition) is 5. The minimum atomic E-state index is -4.66. The summed E-state index contributed by atoms with van der Waals surface area (Å²) in [5, 5.41) is 3.49. The van der Waals surface area contributed by atoms with Gasteiger partial charge in [-0.25, -0.2) is 9.78 Å². The summed E-state index contributed by atoms with van der Waals surface area (Å²) in [5.74, 6) is -0.851. The Bertz CT molecular complexity index is 789. The van der Waals surface area contributed by atoms with Crippen LogP contribution in [0.5, 0.6) is 0 Å². The quantitative estimate of drug-likeness (QED) is 0.445. The number of carbonyl (C=O) groups excluding carboxylic acids is 2. The molecule has 2 aromatic rings. The molecule has 0 aliphatic carbocycles. The van der Waals surface area contributed by atoms with E-state index in [1.54, 1.807) is 5.32 Å². The number of nitrogens with two attached hydrogens (primary N) is 2. The highest BCUT2D eigenvalue weighted by Gasteiger charge is 2.58. The standard InChI is InChI=1S/C6H7F3N2O2.C5H6N6/c1-5(6(7,8)9)2-10-4(13)11-3(5)12;6-3-2-4(9-1-8-2)11-5(7)10-3/h2H2,1H3,(H2,10,11,12,13);1H,(H5,6,7,8,9,10,11). The van der Waals surface area contributed by atoms with Gasteiger partial charge in [-0.3, -0.25) is 10.1 Å². The molecule has 2 aromatic heterocycles. The van der Waals surface area contributed by atoms with E-state index in [4.69, 9.17) is 11.5 Å². The van der Waals surface area contributed by atoms with Crippen molar-refractivity contribution in [2.75, 3.05) is 18.0 Å². The molecule has 1 aliphatic heterocycles. The number of fused-ring (bicyclic) bond motifs is 1. The van der Waals surface area contributed by atoms with Crippen LogP contribution in [0.15, 0.2) is 6.33 Å². The van der Waals surface area contributed by atoms with Crippen LogP contribution in [-0.2, 0) is 4.79 Å². The molecule has 3 heterocycles. The molecule has 3 amide bonds. The number of H-pyrrole nitrogens is 1. The van der Waals surface area contributed by atoms with E-state index in [0.717, 1.165) is 6.92 Å². The monoisotopic (exact) mass is 346 g/mol. The van der Waals surface area contributed by atoms with Gasteiger partial charge in [-0.2, -0.15) is 23.1 Å². The first-order valence-electron chi connectivity index (χ1n) is 6.42. The van der Waals surface area contributed by atoms with Crippen LogP contribution in [0.1, 0.15) is 6.92 Å². The number of carbonyl (C=O) groups is 2. The van der Waals surface area contributed by atoms with Gasteiger partial charge in [0.05, 0.1) is 6.33 Å². The largest absolute Gasteiger partial charge is 0.404 e. The van der Waals surface area contributed by atoms with Crippen LogP contribution in [-0.4, -0.2) is 44.6 Å². The van der Waals surface area contributed by atoms with Crippen molar-refractivity contribution in [3.8, 4) is 0 Å². The summed E-state index contributed by atoms with van der Waals surface area (Å²) in [4.78, 5) is 35.6. The lowest BCUT2D eigenvalue weighted by Gasteiger charge is -2.33. The lowest BCUT2D eigenvalue weighted by molar-refractivity contribution is -0.215. The minimum absolute atomic E-state index is 0.141. The molecule has 24 heavy (non-hydrogen) atoms. The fourth-order valence-electron chi connectivity index (χ4n) is 1.72. The first kappa shape index (κ1) is 17.2. The Labute approximate surface area is 132 Å². The first-order valence-corrected chi connectivity index (χ1v) is 6.42. The van der Waals surface area contributed by atoms with Crippen molar-refractivity contribution >= 4 is 34.9 Å². The second kappa shape index (κ2) is 5.82. The van der Waals surface area contributed by atoms with Crippen molar-refractivity contribution in [3.05, 3.63) is 6.33 Å². The third kappa shape index (κ3) is 3.13. The zero-order valence-electron chi connectivity index (χ0n) is 12.2. The second-order valence-corrected chi connectivity index (χ2v) is 5.03. The maximum atomic E-state index is 12.3. The summed E-state index contributed by atoms with van der Waals surface area (Å²) in [6, 6.07) is -0.897. The van der Waals surface area contributed by atoms with E-state index in [9.17, 15) is 22.8 Å². The zero-order valence-corrected chi connectivity index (χ0v) is 12.2. The number of alkyl halides is 3. The maximum absolute atomic E-state index is 12.3. The SMILES string of the molecule is CC1(C(F)(F)F)CNC(=O)NC1=O.Nc1nc(N)c2[nH]cnc2n1. The highest BCUT2D eigenvalue weighted by atomic mass is 19.4. The highest BCUT2D eigenvalue weighted by molar-refractivity contribution is 6.00. The van der Waals surface area contributed by atoms with E-state index < -0.39 is 30.1 Å². The predicted octanol–water partition coefficient (Wildman–Crippen LogP) is -0.0883. The Kier molecular flexibility index (Phi) is 4.18. The van der Waals surface area contributed by atoms with E-state index in [1.807, 2.05) is 5.32 Å². The number of rotatable bonds is 0. The van der Waals surface area contributed by atoms with E-state index in [0.29, 0.717) is 17.0 Å². The molecular weight excluding hydrogens is 333 g/mol. The number of nitrogens with zero attached hydrogens (tertiary/aromatic N) is 3. The number of nitrogens with one attached hydrogen (secondary N) is 3. The van der Waals surface area contributed by atoms with Crippen LogP contribution < -0.4 is 22.1 Å². The molecule has 10 nitrogen and oxygen atoms in total. The summed E-state index contributed by atoms with van der Waals surface area (Å²) >= 11 is 0. The Hall–Kier alpha value is -3.12. The number of halogens is 3. The van der Waals surface area contributed by atoms with Gasteiger partial charge in [0.15, 0.2) is 16.9 Å². The smallest absolute Gasteiger partial charge is 0.382 e. The summed E-state index contributed by atoms with van der Waals surface area (Å²) in [5.41, 5.74) is 9.42. The molecule has 1 unspecified atom stereocenters. The molecule has 1 aliphatic rings. The van der Waals surface area contributed by atoms with Gasteiger partial charge in [0, 0.05) is 6.54 Å². The van der Waals surface area contributed by atoms with Crippen LogP contribution in [0.2, 0.25) is 0 Å². The van der Waals surface area contributed by atoms with Gasteiger partial charge in [-0.05, 0) is 6.92 Å². The van der Waals surface area contributed by atoms with Crippen molar-refractivity contribution in [2.24, 2.45) is 5.41 Å². The number of imide groups is 1. The average molecular weight is 346 g/mol. The molecular formula is C11H13F3N8O2. The predicted molar refractivity (Wildman–Crippen MR) is 76.2 cm³/mol. The molecule has 1 atom stereocenters. The van der Waals surface area contributed by atoms with Gasteiger partial charge in [-0.1, -0.05) is 0 Å².